The van der Waals surface area contributed by atoms with Crippen molar-refractivity contribution in [2.24, 2.45) is 0 Å². The smallest absolute Gasteiger partial charge is 0.133 e. The van der Waals surface area contributed by atoms with E-state index in [1.807, 2.05) is 48.6 Å². The largest absolute Gasteiger partial charge is 0.497 e. The average Bonchev–Trinajstić information content (AvgIpc) is 2.80. The lowest BCUT2D eigenvalue weighted by Crippen LogP contribution is -1.82. The van der Waals surface area contributed by atoms with E-state index in [1.54, 1.807) is 12.5 Å². The van der Waals surface area contributed by atoms with E-state index in [9.17, 15) is 0 Å². The summed E-state index contributed by atoms with van der Waals surface area (Å²) in [5.41, 5.74) is 0.956. The minimum Gasteiger partial charge on any atom is -0.497 e. The summed E-state index contributed by atoms with van der Waals surface area (Å²) in [4.78, 5) is 0. The first kappa shape index (κ1) is 9.59. The Labute approximate surface area is 88.5 Å². The van der Waals surface area contributed by atoms with Gasteiger partial charge in [0.05, 0.1) is 12.5 Å². The summed E-state index contributed by atoms with van der Waals surface area (Å²) in [6.45, 7) is 0.733. The van der Waals surface area contributed by atoms with Gasteiger partial charge in [-0.25, -0.2) is 0 Å². The molecule has 15 heavy (non-hydrogen) atoms. The Morgan fingerprint density at radius 2 is 1.93 bits per heavy atom. The van der Waals surface area contributed by atoms with E-state index >= 15 is 0 Å². The number of para-hydroxylation sites is 1. The van der Waals surface area contributed by atoms with Gasteiger partial charge in [-0.2, -0.15) is 0 Å². The van der Waals surface area contributed by atoms with Crippen LogP contribution in [0.3, 0.4) is 0 Å². The number of hydrogen-bond acceptors (Lipinski definition) is 2. The predicted octanol–water partition coefficient (Wildman–Crippen LogP) is 3.52. The molecule has 0 N–H and O–H groups in total. The van der Waals surface area contributed by atoms with Crippen LogP contribution in [0.2, 0.25) is 0 Å². The van der Waals surface area contributed by atoms with Gasteiger partial charge in [-0.05, 0) is 24.3 Å². The molecule has 0 fully saturated rings. The molecule has 0 aliphatic carbocycles. The molecular weight excluding hydrogens is 188 g/mol. The van der Waals surface area contributed by atoms with E-state index < -0.39 is 0 Å². The van der Waals surface area contributed by atoms with Gasteiger partial charge in [-0.1, -0.05) is 24.3 Å². The van der Waals surface area contributed by atoms with Crippen LogP contribution >= 0.6 is 0 Å². The van der Waals surface area contributed by atoms with Crippen LogP contribution in [0, 0.1) is 0 Å². The van der Waals surface area contributed by atoms with Crippen LogP contribution in [0.5, 0.6) is 0 Å². The van der Waals surface area contributed by atoms with E-state index in [0.717, 1.165) is 17.6 Å². The Kier molecular flexibility index (Phi) is 3.23. The van der Waals surface area contributed by atoms with Crippen molar-refractivity contribution in [1.82, 2.24) is 0 Å². The highest BCUT2D eigenvalue weighted by Crippen LogP contribution is 2.12. The van der Waals surface area contributed by atoms with Gasteiger partial charge >= 0.3 is 0 Å². The van der Waals surface area contributed by atoms with Crippen molar-refractivity contribution in [3.8, 4) is 0 Å². The van der Waals surface area contributed by atoms with Crippen molar-refractivity contribution in [1.29, 1.82) is 0 Å². The van der Waals surface area contributed by atoms with Crippen LogP contribution in [0.4, 0.5) is 0 Å². The fourth-order valence-electron chi connectivity index (χ4n) is 1.25. The second-order valence-electron chi connectivity index (χ2n) is 3.05. The molecule has 0 unspecified atom stereocenters. The molecule has 1 aliphatic heterocycles. The summed E-state index contributed by atoms with van der Waals surface area (Å²) in [6.07, 6.45) is 9.16. The number of benzene rings is 1. The lowest BCUT2D eigenvalue weighted by Gasteiger charge is -1.94. The number of rotatable bonds is 0. The maximum absolute atomic E-state index is 5.12. The molecule has 1 aromatic carbocycles. The van der Waals surface area contributed by atoms with Crippen LogP contribution in [-0.4, -0.2) is 6.61 Å². The zero-order valence-electron chi connectivity index (χ0n) is 8.30. The molecule has 2 heteroatoms. The van der Waals surface area contributed by atoms with E-state index in [-0.39, 0.29) is 0 Å². The molecule has 0 atom stereocenters. The summed E-state index contributed by atoms with van der Waals surface area (Å²) >= 11 is 0. The highest BCUT2D eigenvalue weighted by atomic mass is 16.5. The topological polar surface area (TPSA) is 22.4 Å². The minimum absolute atomic E-state index is 0.733. The molecule has 3 rings (SSSR count). The van der Waals surface area contributed by atoms with Crippen molar-refractivity contribution >= 4 is 11.0 Å². The summed E-state index contributed by atoms with van der Waals surface area (Å²) in [5, 5.41) is 1.16. The third kappa shape index (κ3) is 2.74. The van der Waals surface area contributed by atoms with Gasteiger partial charge in [-0.15, -0.1) is 0 Å². The average molecular weight is 200 g/mol. The Balaban J connectivity index is 0.000000124. The number of hydrogen-bond donors (Lipinski definition) is 0. The number of fused-ring (bicyclic) bond motifs is 1. The first-order valence-corrected chi connectivity index (χ1v) is 4.82. The fraction of sp³-hybridized carbons (Fsp3) is 0.0769. The summed E-state index contributed by atoms with van der Waals surface area (Å²) in [7, 11) is 0. The summed E-state index contributed by atoms with van der Waals surface area (Å²) in [6, 6.07) is 9.90. The van der Waals surface area contributed by atoms with Gasteiger partial charge < -0.3 is 9.15 Å². The standard InChI is InChI=1S/C8H6O.C5H6O/c1-2-4-8-7(3-1)5-6-9-8;1-2-4-6-5-3-1/h1-6H;1-4H,5H2. The lowest BCUT2D eigenvalue weighted by molar-refractivity contribution is 0.286. The van der Waals surface area contributed by atoms with Crippen LogP contribution in [-0.2, 0) is 4.74 Å². The maximum atomic E-state index is 5.12. The molecule has 0 spiro atoms. The molecule has 2 heterocycles. The van der Waals surface area contributed by atoms with E-state index in [0.29, 0.717) is 0 Å². The minimum atomic E-state index is 0.733. The first-order chi connectivity index (χ1) is 7.47. The second kappa shape index (κ2) is 5.05. The predicted molar refractivity (Wildman–Crippen MR) is 60.4 cm³/mol. The zero-order valence-corrected chi connectivity index (χ0v) is 8.30. The monoisotopic (exact) mass is 200 g/mol. The first-order valence-electron chi connectivity index (χ1n) is 4.82. The molecule has 1 aromatic heterocycles. The summed E-state index contributed by atoms with van der Waals surface area (Å²) < 4.78 is 9.92. The van der Waals surface area contributed by atoms with Crippen molar-refractivity contribution in [3.05, 3.63) is 61.1 Å². The molecule has 1 aliphatic rings. The fourth-order valence-corrected chi connectivity index (χ4v) is 1.25. The molecule has 0 radical (unpaired) electrons. The Bertz CT molecular complexity index is 424. The quantitative estimate of drug-likeness (QED) is 0.649. The maximum Gasteiger partial charge on any atom is 0.133 e. The highest BCUT2D eigenvalue weighted by Gasteiger charge is 1.89. The highest BCUT2D eigenvalue weighted by molar-refractivity contribution is 5.76. The molecule has 0 bridgehead atoms. The van der Waals surface area contributed by atoms with Crippen molar-refractivity contribution in [2.75, 3.05) is 6.61 Å². The molecule has 76 valence electrons. The van der Waals surface area contributed by atoms with Crippen LogP contribution in [0.1, 0.15) is 0 Å². The Morgan fingerprint density at radius 1 is 1.00 bits per heavy atom. The third-order valence-corrected chi connectivity index (χ3v) is 1.98. The van der Waals surface area contributed by atoms with Crippen molar-refractivity contribution < 1.29 is 9.15 Å². The molecule has 0 saturated heterocycles. The second-order valence-corrected chi connectivity index (χ2v) is 3.05. The third-order valence-electron chi connectivity index (χ3n) is 1.98. The Morgan fingerprint density at radius 3 is 2.53 bits per heavy atom. The molecule has 2 nitrogen and oxygen atoms in total. The molecular formula is C13H12O2. The van der Waals surface area contributed by atoms with Gasteiger partial charge in [0, 0.05) is 5.39 Å². The van der Waals surface area contributed by atoms with Gasteiger partial charge in [0.15, 0.2) is 0 Å². The number of allylic oxidation sites excluding steroid dienone is 2. The van der Waals surface area contributed by atoms with Crippen LogP contribution < -0.4 is 0 Å². The normalized spacial score (nSPS) is 13.1. The summed E-state index contributed by atoms with van der Waals surface area (Å²) in [5.74, 6) is 0. The van der Waals surface area contributed by atoms with E-state index in [4.69, 9.17) is 9.15 Å². The van der Waals surface area contributed by atoms with Gasteiger partial charge in [0.1, 0.15) is 12.2 Å². The molecule has 0 saturated carbocycles. The zero-order chi connectivity index (χ0) is 10.3. The Hall–Kier alpha value is -1.96. The van der Waals surface area contributed by atoms with Gasteiger partial charge in [0.2, 0.25) is 0 Å². The van der Waals surface area contributed by atoms with E-state index in [1.165, 1.54) is 0 Å². The van der Waals surface area contributed by atoms with Crippen molar-refractivity contribution in [2.45, 2.75) is 0 Å². The number of ether oxygens (including phenoxy) is 1. The molecule has 0 amide bonds. The number of furan rings is 1. The van der Waals surface area contributed by atoms with E-state index in [2.05, 4.69) is 0 Å². The lowest BCUT2D eigenvalue weighted by atomic mass is 10.3. The van der Waals surface area contributed by atoms with Gasteiger partial charge in [-0.3, -0.25) is 0 Å². The SMILES string of the molecule is C1=CCOC=C1.c1ccc2occc2c1. The van der Waals surface area contributed by atoms with Crippen LogP contribution in [0.15, 0.2) is 65.5 Å². The van der Waals surface area contributed by atoms with Gasteiger partial charge in [0.25, 0.3) is 0 Å². The van der Waals surface area contributed by atoms with Crippen LogP contribution in [0.25, 0.3) is 11.0 Å². The molecule has 2 aromatic rings. The van der Waals surface area contributed by atoms with Crippen molar-refractivity contribution in [3.63, 3.8) is 0 Å².